The Kier molecular flexibility index (Phi) is 3.51. The fourth-order valence-electron chi connectivity index (χ4n) is 1.48. The van der Waals surface area contributed by atoms with Gasteiger partial charge in [-0.1, -0.05) is 30.3 Å². The quantitative estimate of drug-likeness (QED) is 0.743. The summed E-state index contributed by atoms with van der Waals surface area (Å²) in [4.78, 5) is 12.9. The van der Waals surface area contributed by atoms with Crippen LogP contribution in [0.15, 0.2) is 36.4 Å². The van der Waals surface area contributed by atoms with E-state index in [1.54, 1.807) is 14.1 Å². The molecular weight excluding hydrogens is 329 g/mol. The third-order valence-electron chi connectivity index (χ3n) is 2.39. The van der Waals surface area contributed by atoms with Gasteiger partial charge in [0, 0.05) is 14.1 Å². The van der Waals surface area contributed by atoms with E-state index in [9.17, 15) is 4.79 Å². The number of halogens is 1. The van der Waals surface area contributed by atoms with E-state index in [0.29, 0.717) is 5.75 Å². The van der Waals surface area contributed by atoms with E-state index in [0.717, 1.165) is 14.3 Å². The topological polar surface area (TPSA) is 29.5 Å². The molecule has 0 spiro atoms. The zero-order valence-electron chi connectivity index (χ0n) is 9.61. The van der Waals surface area contributed by atoms with Crippen molar-refractivity contribution in [1.82, 2.24) is 4.90 Å². The summed E-state index contributed by atoms with van der Waals surface area (Å²) in [5.41, 5.74) is 0. The molecular formula is C13H12INO2. The predicted molar refractivity (Wildman–Crippen MR) is 76.4 cm³/mol. The van der Waals surface area contributed by atoms with Crippen molar-refractivity contribution >= 4 is 39.5 Å². The molecule has 0 aliphatic rings. The summed E-state index contributed by atoms with van der Waals surface area (Å²) in [6.07, 6.45) is -0.363. The Morgan fingerprint density at radius 3 is 2.59 bits per heavy atom. The molecule has 17 heavy (non-hydrogen) atoms. The minimum absolute atomic E-state index is 0.363. The number of hydrogen-bond donors (Lipinski definition) is 0. The zero-order valence-corrected chi connectivity index (χ0v) is 11.8. The zero-order chi connectivity index (χ0) is 12.4. The van der Waals surface area contributed by atoms with Crippen molar-refractivity contribution in [2.75, 3.05) is 14.1 Å². The highest BCUT2D eigenvalue weighted by molar-refractivity contribution is 14.1. The third-order valence-corrected chi connectivity index (χ3v) is 3.50. The third kappa shape index (κ3) is 2.52. The number of ether oxygens (including phenoxy) is 1. The maximum absolute atomic E-state index is 11.5. The second-order valence-corrected chi connectivity index (χ2v) is 4.94. The maximum Gasteiger partial charge on any atom is 0.414 e. The SMILES string of the molecule is CN(C)C(=O)Oc1ccc2ccccc2c1I. The Labute approximate surface area is 114 Å². The number of nitrogens with zero attached hydrogens (tertiary/aromatic N) is 1. The molecule has 0 aliphatic heterocycles. The lowest BCUT2D eigenvalue weighted by molar-refractivity contribution is 0.171. The molecule has 88 valence electrons. The van der Waals surface area contributed by atoms with Gasteiger partial charge in [0.25, 0.3) is 0 Å². The van der Waals surface area contributed by atoms with Gasteiger partial charge >= 0.3 is 6.09 Å². The molecule has 0 bridgehead atoms. The lowest BCUT2D eigenvalue weighted by Gasteiger charge is -2.12. The number of carbonyl (C=O) groups excluding carboxylic acids is 1. The maximum atomic E-state index is 11.5. The van der Waals surface area contributed by atoms with Crippen molar-refractivity contribution in [1.29, 1.82) is 0 Å². The summed E-state index contributed by atoms with van der Waals surface area (Å²) >= 11 is 2.20. The standard InChI is InChI=1S/C13H12INO2/c1-15(2)13(16)17-11-8-7-9-5-3-4-6-10(9)12(11)14/h3-8H,1-2H3. The number of benzene rings is 2. The van der Waals surface area contributed by atoms with Crippen LogP contribution in [0.3, 0.4) is 0 Å². The Bertz CT molecular complexity index is 566. The molecule has 3 nitrogen and oxygen atoms in total. The molecule has 0 aromatic heterocycles. The Hall–Kier alpha value is -1.30. The van der Waals surface area contributed by atoms with Crippen LogP contribution in [0.4, 0.5) is 4.79 Å². The Morgan fingerprint density at radius 1 is 1.18 bits per heavy atom. The van der Waals surface area contributed by atoms with E-state index in [2.05, 4.69) is 22.6 Å². The Morgan fingerprint density at radius 2 is 1.88 bits per heavy atom. The van der Waals surface area contributed by atoms with Gasteiger partial charge in [0.1, 0.15) is 5.75 Å². The first-order valence-electron chi connectivity index (χ1n) is 5.16. The molecule has 2 aromatic carbocycles. The van der Waals surface area contributed by atoms with E-state index in [-0.39, 0.29) is 6.09 Å². The highest BCUT2D eigenvalue weighted by atomic mass is 127. The summed E-state index contributed by atoms with van der Waals surface area (Å²) < 4.78 is 6.25. The molecule has 4 heteroatoms. The van der Waals surface area contributed by atoms with E-state index >= 15 is 0 Å². The van der Waals surface area contributed by atoms with Crippen LogP contribution in [-0.4, -0.2) is 25.1 Å². The molecule has 0 saturated carbocycles. The van der Waals surface area contributed by atoms with E-state index in [4.69, 9.17) is 4.74 Å². The molecule has 0 atom stereocenters. The lowest BCUT2D eigenvalue weighted by atomic mass is 10.1. The fourth-order valence-corrected chi connectivity index (χ4v) is 2.26. The smallest absolute Gasteiger partial charge is 0.409 e. The van der Waals surface area contributed by atoms with Gasteiger partial charge < -0.3 is 9.64 Å². The second kappa shape index (κ2) is 4.91. The molecule has 0 saturated heterocycles. The lowest BCUT2D eigenvalue weighted by Crippen LogP contribution is -2.25. The van der Waals surface area contributed by atoms with Crippen molar-refractivity contribution in [3.05, 3.63) is 40.0 Å². The number of rotatable bonds is 1. The summed E-state index contributed by atoms with van der Waals surface area (Å²) in [6.45, 7) is 0. The van der Waals surface area contributed by atoms with Crippen LogP contribution in [0.1, 0.15) is 0 Å². The van der Waals surface area contributed by atoms with Crippen LogP contribution >= 0.6 is 22.6 Å². The first kappa shape index (κ1) is 12.2. The van der Waals surface area contributed by atoms with Gasteiger partial charge in [-0.3, -0.25) is 0 Å². The first-order chi connectivity index (χ1) is 8.09. The summed E-state index contributed by atoms with van der Waals surface area (Å²) in [5, 5.41) is 2.23. The highest BCUT2D eigenvalue weighted by Gasteiger charge is 2.11. The molecule has 0 radical (unpaired) electrons. The molecule has 0 heterocycles. The number of hydrogen-bond acceptors (Lipinski definition) is 2. The second-order valence-electron chi connectivity index (χ2n) is 3.86. The van der Waals surface area contributed by atoms with Gasteiger partial charge in [-0.2, -0.15) is 0 Å². The predicted octanol–water partition coefficient (Wildman–Crippen LogP) is 3.50. The summed E-state index contributed by atoms with van der Waals surface area (Å²) in [5.74, 6) is 0.600. The molecule has 2 rings (SSSR count). The van der Waals surface area contributed by atoms with E-state index in [1.165, 1.54) is 4.90 Å². The van der Waals surface area contributed by atoms with Crippen LogP contribution in [0, 0.1) is 3.57 Å². The first-order valence-corrected chi connectivity index (χ1v) is 6.24. The Balaban J connectivity index is 2.43. The van der Waals surface area contributed by atoms with Crippen molar-refractivity contribution in [3.8, 4) is 5.75 Å². The van der Waals surface area contributed by atoms with Crippen LogP contribution in [0.2, 0.25) is 0 Å². The minimum atomic E-state index is -0.363. The van der Waals surface area contributed by atoms with Gasteiger partial charge in [-0.15, -0.1) is 0 Å². The molecule has 0 aliphatic carbocycles. The van der Waals surface area contributed by atoms with Gasteiger partial charge in [-0.05, 0) is 39.4 Å². The van der Waals surface area contributed by atoms with Crippen molar-refractivity contribution in [3.63, 3.8) is 0 Å². The molecule has 1 amide bonds. The normalized spacial score (nSPS) is 10.3. The van der Waals surface area contributed by atoms with Gasteiger partial charge in [-0.25, -0.2) is 4.79 Å². The summed E-state index contributed by atoms with van der Waals surface area (Å²) in [7, 11) is 3.33. The van der Waals surface area contributed by atoms with Crippen molar-refractivity contribution in [2.45, 2.75) is 0 Å². The highest BCUT2D eigenvalue weighted by Crippen LogP contribution is 2.29. The van der Waals surface area contributed by atoms with Gasteiger partial charge in [0.15, 0.2) is 0 Å². The van der Waals surface area contributed by atoms with E-state index in [1.807, 2.05) is 36.4 Å². The summed E-state index contributed by atoms with van der Waals surface area (Å²) in [6, 6.07) is 11.8. The molecule has 0 fully saturated rings. The van der Waals surface area contributed by atoms with Crippen LogP contribution < -0.4 is 4.74 Å². The monoisotopic (exact) mass is 341 g/mol. The number of amides is 1. The van der Waals surface area contributed by atoms with E-state index < -0.39 is 0 Å². The fraction of sp³-hybridized carbons (Fsp3) is 0.154. The molecule has 2 aromatic rings. The molecule has 0 unspecified atom stereocenters. The van der Waals surface area contributed by atoms with Crippen molar-refractivity contribution < 1.29 is 9.53 Å². The minimum Gasteiger partial charge on any atom is -0.409 e. The van der Waals surface area contributed by atoms with Crippen LogP contribution in [0.25, 0.3) is 10.8 Å². The largest absolute Gasteiger partial charge is 0.414 e. The van der Waals surface area contributed by atoms with Gasteiger partial charge in [0.2, 0.25) is 0 Å². The van der Waals surface area contributed by atoms with Crippen molar-refractivity contribution in [2.24, 2.45) is 0 Å². The van der Waals surface area contributed by atoms with Crippen LogP contribution in [-0.2, 0) is 0 Å². The van der Waals surface area contributed by atoms with Crippen LogP contribution in [0.5, 0.6) is 5.75 Å². The van der Waals surface area contributed by atoms with Gasteiger partial charge in [0.05, 0.1) is 3.57 Å². The average molecular weight is 341 g/mol. The number of fused-ring (bicyclic) bond motifs is 1. The molecule has 0 N–H and O–H groups in total. The number of carbonyl (C=O) groups is 1. The average Bonchev–Trinajstić information content (AvgIpc) is 2.33.